The Morgan fingerprint density at radius 1 is 1.11 bits per heavy atom. The highest BCUT2D eigenvalue weighted by molar-refractivity contribution is 6.31. The van der Waals surface area contributed by atoms with Gasteiger partial charge in [-0.1, -0.05) is 24.4 Å². The van der Waals surface area contributed by atoms with Gasteiger partial charge < -0.3 is 15.4 Å². The number of ether oxygens (including phenoxy) is 1. The van der Waals surface area contributed by atoms with Crippen LogP contribution in [0.15, 0.2) is 48.8 Å². The third-order valence-corrected chi connectivity index (χ3v) is 5.03. The summed E-state index contributed by atoms with van der Waals surface area (Å²) in [5, 5.41) is 7.42. The molecule has 7 heteroatoms. The van der Waals surface area contributed by atoms with Gasteiger partial charge in [0.25, 0.3) is 0 Å². The minimum Gasteiger partial charge on any atom is -0.495 e. The number of benzene rings is 1. The van der Waals surface area contributed by atoms with Gasteiger partial charge in [0.15, 0.2) is 0 Å². The summed E-state index contributed by atoms with van der Waals surface area (Å²) in [5.74, 6) is 1.96. The Morgan fingerprint density at radius 2 is 1.96 bits per heavy atom. The topological polar surface area (TPSA) is 72.0 Å². The molecule has 6 nitrogen and oxygen atoms in total. The fourth-order valence-corrected chi connectivity index (χ4v) is 3.58. The molecule has 0 bridgehead atoms. The number of pyridine rings is 1. The maximum absolute atomic E-state index is 6.16. The van der Waals surface area contributed by atoms with E-state index in [0.29, 0.717) is 28.6 Å². The molecule has 0 radical (unpaired) electrons. The van der Waals surface area contributed by atoms with Crippen LogP contribution in [0.25, 0.3) is 11.3 Å². The van der Waals surface area contributed by atoms with Gasteiger partial charge in [0.1, 0.15) is 11.6 Å². The largest absolute Gasteiger partial charge is 0.495 e. The molecule has 0 spiro atoms. The zero-order chi connectivity index (χ0) is 19.3. The second-order valence-electron chi connectivity index (χ2n) is 6.80. The maximum atomic E-state index is 6.16. The second kappa shape index (κ2) is 8.44. The molecule has 0 aliphatic heterocycles. The molecule has 28 heavy (non-hydrogen) atoms. The third kappa shape index (κ3) is 4.34. The van der Waals surface area contributed by atoms with Crippen LogP contribution in [0.3, 0.4) is 0 Å². The summed E-state index contributed by atoms with van der Waals surface area (Å²) < 4.78 is 5.44. The summed E-state index contributed by atoms with van der Waals surface area (Å²) in [4.78, 5) is 13.6. The molecule has 1 aliphatic carbocycles. The van der Waals surface area contributed by atoms with Crippen molar-refractivity contribution in [2.75, 3.05) is 17.7 Å². The molecule has 0 atom stereocenters. The normalized spacial score (nSPS) is 14.1. The molecule has 1 fully saturated rings. The monoisotopic (exact) mass is 395 g/mol. The van der Waals surface area contributed by atoms with Gasteiger partial charge in [-0.05, 0) is 43.2 Å². The fraction of sp³-hybridized carbons (Fsp3) is 0.286. The van der Waals surface area contributed by atoms with Crippen LogP contribution in [0.1, 0.15) is 25.7 Å². The summed E-state index contributed by atoms with van der Waals surface area (Å²) >= 11 is 6.16. The molecule has 4 rings (SSSR count). The number of hydrogen-bond donors (Lipinski definition) is 2. The van der Waals surface area contributed by atoms with Crippen LogP contribution in [0.5, 0.6) is 5.75 Å². The number of methoxy groups -OCH3 is 1. The Labute approximate surface area is 169 Å². The number of anilines is 3. The molecule has 2 heterocycles. The van der Waals surface area contributed by atoms with Crippen molar-refractivity contribution in [1.29, 1.82) is 0 Å². The SMILES string of the molecule is COc1ccc(Cl)cc1Nc1cc(-c2cccnc2)nc(NC2CCCC2)n1. The maximum Gasteiger partial charge on any atom is 0.225 e. The quantitative estimate of drug-likeness (QED) is 0.590. The van der Waals surface area contributed by atoms with Crippen molar-refractivity contribution in [1.82, 2.24) is 15.0 Å². The van der Waals surface area contributed by atoms with Crippen LogP contribution in [0.4, 0.5) is 17.5 Å². The molecule has 1 aromatic carbocycles. The molecule has 1 saturated carbocycles. The fourth-order valence-electron chi connectivity index (χ4n) is 3.41. The van der Waals surface area contributed by atoms with E-state index in [9.17, 15) is 0 Å². The van der Waals surface area contributed by atoms with E-state index in [2.05, 4.69) is 20.6 Å². The summed E-state index contributed by atoms with van der Waals surface area (Å²) in [6.07, 6.45) is 8.32. The van der Waals surface area contributed by atoms with Gasteiger partial charge >= 0.3 is 0 Å². The van der Waals surface area contributed by atoms with Crippen LogP contribution >= 0.6 is 11.6 Å². The van der Waals surface area contributed by atoms with Crippen LogP contribution in [0.2, 0.25) is 5.02 Å². The smallest absolute Gasteiger partial charge is 0.225 e. The van der Waals surface area contributed by atoms with E-state index in [1.807, 2.05) is 30.3 Å². The molecule has 2 aromatic heterocycles. The first kappa shape index (κ1) is 18.5. The molecular formula is C21H22ClN5O. The average molecular weight is 396 g/mol. The van der Waals surface area contributed by atoms with Crippen molar-refractivity contribution in [3.8, 4) is 17.0 Å². The predicted octanol–water partition coefficient (Wildman–Crippen LogP) is 5.30. The van der Waals surface area contributed by atoms with E-state index >= 15 is 0 Å². The van der Waals surface area contributed by atoms with E-state index in [0.717, 1.165) is 29.8 Å². The van der Waals surface area contributed by atoms with E-state index < -0.39 is 0 Å². The highest BCUT2D eigenvalue weighted by Gasteiger charge is 2.17. The van der Waals surface area contributed by atoms with Gasteiger partial charge in [0, 0.05) is 35.1 Å². The molecular weight excluding hydrogens is 374 g/mol. The zero-order valence-electron chi connectivity index (χ0n) is 15.7. The molecule has 1 aliphatic rings. The van der Waals surface area contributed by atoms with Gasteiger partial charge in [-0.25, -0.2) is 4.98 Å². The van der Waals surface area contributed by atoms with Crippen molar-refractivity contribution >= 4 is 29.1 Å². The van der Waals surface area contributed by atoms with E-state index in [1.54, 1.807) is 25.6 Å². The van der Waals surface area contributed by atoms with Gasteiger partial charge in [-0.15, -0.1) is 0 Å². The van der Waals surface area contributed by atoms with Crippen molar-refractivity contribution in [2.24, 2.45) is 0 Å². The number of nitrogens with zero attached hydrogens (tertiary/aromatic N) is 3. The highest BCUT2D eigenvalue weighted by Crippen LogP contribution is 2.31. The summed E-state index contributed by atoms with van der Waals surface area (Å²) in [5.41, 5.74) is 2.48. The van der Waals surface area contributed by atoms with Crippen molar-refractivity contribution < 1.29 is 4.74 Å². The third-order valence-electron chi connectivity index (χ3n) is 4.80. The lowest BCUT2D eigenvalue weighted by Crippen LogP contribution is -2.17. The Morgan fingerprint density at radius 3 is 2.71 bits per heavy atom. The van der Waals surface area contributed by atoms with E-state index in [-0.39, 0.29) is 0 Å². The van der Waals surface area contributed by atoms with Crippen molar-refractivity contribution in [2.45, 2.75) is 31.7 Å². The Balaban J connectivity index is 1.70. The zero-order valence-corrected chi connectivity index (χ0v) is 16.4. The lowest BCUT2D eigenvalue weighted by molar-refractivity contribution is 0.417. The lowest BCUT2D eigenvalue weighted by Gasteiger charge is -2.16. The van der Waals surface area contributed by atoms with Crippen LogP contribution < -0.4 is 15.4 Å². The molecule has 0 amide bonds. The van der Waals surface area contributed by atoms with Gasteiger partial charge in [0.05, 0.1) is 18.5 Å². The predicted molar refractivity (Wildman–Crippen MR) is 112 cm³/mol. The first-order valence-electron chi connectivity index (χ1n) is 9.38. The minimum atomic E-state index is 0.415. The molecule has 144 valence electrons. The van der Waals surface area contributed by atoms with Crippen molar-refractivity contribution in [3.63, 3.8) is 0 Å². The Hall–Kier alpha value is -2.86. The van der Waals surface area contributed by atoms with Gasteiger partial charge in [-0.2, -0.15) is 4.98 Å². The summed E-state index contributed by atoms with van der Waals surface area (Å²) in [6, 6.07) is 11.6. The first-order chi connectivity index (χ1) is 13.7. The number of aromatic nitrogens is 3. The number of halogens is 1. The first-order valence-corrected chi connectivity index (χ1v) is 9.75. The standard InChI is InChI=1S/C21H22ClN5O/c1-28-19-9-8-15(22)11-18(19)25-20-12-17(14-5-4-10-23-13-14)26-21(27-20)24-16-6-2-3-7-16/h4-5,8-13,16H,2-3,6-7H2,1H3,(H2,24,25,26,27). The summed E-state index contributed by atoms with van der Waals surface area (Å²) in [7, 11) is 1.63. The molecule has 2 N–H and O–H groups in total. The van der Waals surface area contributed by atoms with Gasteiger partial charge in [0.2, 0.25) is 5.95 Å². The summed E-state index contributed by atoms with van der Waals surface area (Å²) in [6.45, 7) is 0. The molecule has 3 aromatic rings. The lowest BCUT2D eigenvalue weighted by atomic mass is 10.2. The van der Waals surface area contributed by atoms with Crippen LogP contribution in [0, 0.1) is 0 Å². The minimum absolute atomic E-state index is 0.415. The second-order valence-corrected chi connectivity index (χ2v) is 7.24. The van der Waals surface area contributed by atoms with Crippen molar-refractivity contribution in [3.05, 3.63) is 53.8 Å². The number of rotatable bonds is 6. The van der Waals surface area contributed by atoms with Gasteiger partial charge in [-0.3, -0.25) is 4.98 Å². The molecule has 0 saturated heterocycles. The Bertz CT molecular complexity index is 945. The van der Waals surface area contributed by atoms with Crippen LogP contribution in [-0.4, -0.2) is 28.1 Å². The van der Waals surface area contributed by atoms with E-state index in [4.69, 9.17) is 21.3 Å². The number of hydrogen-bond acceptors (Lipinski definition) is 6. The van der Waals surface area contributed by atoms with E-state index in [1.165, 1.54) is 12.8 Å². The molecule has 0 unspecified atom stereocenters. The Kier molecular flexibility index (Phi) is 5.58. The van der Waals surface area contributed by atoms with Crippen LogP contribution in [-0.2, 0) is 0 Å². The number of nitrogens with one attached hydrogen (secondary N) is 2. The highest BCUT2D eigenvalue weighted by atomic mass is 35.5. The average Bonchev–Trinajstić information content (AvgIpc) is 3.22.